The minimum atomic E-state index is -0.213. The van der Waals surface area contributed by atoms with Crippen molar-refractivity contribution in [3.63, 3.8) is 0 Å². The molecule has 1 aliphatic heterocycles. The van der Waals surface area contributed by atoms with Crippen LogP contribution in [-0.4, -0.2) is 15.1 Å². The lowest BCUT2D eigenvalue weighted by Crippen LogP contribution is -2.47. The van der Waals surface area contributed by atoms with Crippen LogP contribution in [0.3, 0.4) is 0 Å². The van der Waals surface area contributed by atoms with Gasteiger partial charge in [0.15, 0.2) is 0 Å². The van der Waals surface area contributed by atoms with Gasteiger partial charge in [-0.2, -0.15) is 0 Å². The summed E-state index contributed by atoms with van der Waals surface area (Å²) in [5.74, 6) is 0.822. The lowest BCUT2D eigenvalue weighted by atomic mass is 10.0. The standard InChI is InChI=1S/C46H35N5/c1-30-21-24-42-37(27-30)39-29-34(33-22-25-41-38(28-33)36-19-11-12-20-40(36)50(41)35-17-9-4-10-18-35)23-26-43(39)51(42)46-48-44(31-13-5-2-6-14-31)47-45(49-46)32-15-7-3-8-16-32/h2-29,44-45,47H,1H3,(H,48,49). The third-order valence-electron chi connectivity index (χ3n) is 10.3. The van der Waals surface area contributed by atoms with E-state index < -0.39 is 0 Å². The van der Waals surface area contributed by atoms with Gasteiger partial charge in [0.05, 0.1) is 22.1 Å². The molecule has 5 heteroatoms. The quantitative estimate of drug-likeness (QED) is 0.198. The maximum absolute atomic E-state index is 5.32. The molecule has 10 rings (SSSR count). The maximum Gasteiger partial charge on any atom is 0.206 e. The molecule has 0 radical (unpaired) electrons. The number of rotatable bonds is 4. The van der Waals surface area contributed by atoms with Gasteiger partial charge in [0.25, 0.3) is 0 Å². The van der Waals surface area contributed by atoms with E-state index in [2.05, 4.69) is 197 Å². The Morgan fingerprint density at radius 1 is 0.471 bits per heavy atom. The van der Waals surface area contributed by atoms with Crippen LogP contribution in [0.15, 0.2) is 175 Å². The topological polar surface area (TPSA) is 46.3 Å². The fourth-order valence-electron chi connectivity index (χ4n) is 7.83. The molecule has 0 spiro atoms. The van der Waals surface area contributed by atoms with Gasteiger partial charge in [0, 0.05) is 27.2 Å². The molecule has 0 amide bonds. The number of aromatic nitrogens is 2. The van der Waals surface area contributed by atoms with Crippen molar-refractivity contribution in [2.24, 2.45) is 4.99 Å². The highest BCUT2D eigenvalue weighted by Crippen LogP contribution is 2.38. The van der Waals surface area contributed by atoms with Gasteiger partial charge < -0.3 is 9.88 Å². The first kappa shape index (κ1) is 29.5. The Balaban J connectivity index is 1.14. The molecular formula is C46H35N5. The highest BCUT2D eigenvalue weighted by molar-refractivity contribution is 6.15. The first-order valence-corrected chi connectivity index (χ1v) is 17.5. The van der Waals surface area contributed by atoms with Crippen molar-refractivity contribution < 1.29 is 0 Å². The Morgan fingerprint density at radius 3 is 1.71 bits per heavy atom. The maximum atomic E-state index is 5.32. The number of benzene rings is 7. The molecule has 2 atom stereocenters. The molecule has 2 unspecified atom stereocenters. The van der Waals surface area contributed by atoms with Gasteiger partial charge in [-0.15, -0.1) is 0 Å². The summed E-state index contributed by atoms with van der Waals surface area (Å²) in [6.07, 6.45) is -0.333. The minimum Gasteiger partial charge on any atom is -0.336 e. The summed E-state index contributed by atoms with van der Waals surface area (Å²) < 4.78 is 4.67. The molecule has 0 bridgehead atoms. The zero-order chi connectivity index (χ0) is 33.9. The van der Waals surface area contributed by atoms with Crippen molar-refractivity contribution >= 4 is 49.6 Å². The fraction of sp³-hybridized carbons (Fsp3) is 0.0652. The van der Waals surface area contributed by atoms with E-state index in [1.807, 2.05) is 0 Å². The summed E-state index contributed by atoms with van der Waals surface area (Å²) in [5.41, 5.74) is 11.7. The van der Waals surface area contributed by atoms with Crippen LogP contribution in [0.25, 0.3) is 60.4 Å². The van der Waals surface area contributed by atoms with Crippen LogP contribution in [0, 0.1) is 6.92 Å². The molecule has 51 heavy (non-hydrogen) atoms. The number of hydrogen-bond acceptors (Lipinski definition) is 3. The second-order valence-corrected chi connectivity index (χ2v) is 13.4. The highest BCUT2D eigenvalue weighted by Gasteiger charge is 2.27. The third-order valence-corrected chi connectivity index (χ3v) is 10.3. The van der Waals surface area contributed by atoms with Crippen LogP contribution < -0.4 is 10.6 Å². The van der Waals surface area contributed by atoms with E-state index in [-0.39, 0.29) is 12.3 Å². The van der Waals surface area contributed by atoms with Gasteiger partial charge in [0.1, 0.15) is 12.3 Å². The minimum absolute atomic E-state index is 0.120. The first-order valence-electron chi connectivity index (χ1n) is 17.5. The second-order valence-electron chi connectivity index (χ2n) is 13.4. The predicted molar refractivity (Wildman–Crippen MR) is 211 cm³/mol. The number of aliphatic imine (C=N–C) groups is 1. The SMILES string of the molecule is Cc1ccc2c(c1)c1cc(-c3ccc4c(c3)c3ccccc3n4-c3ccccc3)ccc1n2C1=NC(c2ccccc2)NC(c2ccccc2)N1. The number of hydrogen-bond donors (Lipinski definition) is 2. The van der Waals surface area contributed by atoms with Crippen LogP contribution in [-0.2, 0) is 0 Å². The van der Waals surface area contributed by atoms with Crippen molar-refractivity contribution in [1.82, 2.24) is 19.8 Å². The lowest BCUT2D eigenvalue weighted by Gasteiger charge is -2.32. The summed E-state index contributed by atoms with van der Waals surface area (Å²) in [5, 5.41) is 12.4. The monoisotopic (exact) mass is 657 g/mol. The average Bonchev–Trinajstić information content (AvgIpc) is 3.70. The molecule has 3 heterocycles. The van der Waals surface area contributed by atoms with Gasteiger partial charge >= 0.3 is 0 Å². The van der Waals surface area contributed by atoms with Gasteiger partial charge in [0.2, 0.25) is 5.96 Å². The van der Waals surface area contributed by atoms with E-state index in [0.717, 1.165) is 28.1 Å². The van der Waals surface area contributed by atoms with Crippen LogP contribution in [0.1, 0.15) is 29.0 Å². The molecule has 244 valence electrons. The fourth-order valence-corrected chi connectivity index (χ4v) is 7.83. The smallest absolute Gasteiger partial charge is 0.206 e. The molecule has 0 fully saturated rings. The Hall–Kier alpha value is -6.43. The lowest BCUT2D eigenvalue weighted by molar-refractivity contribution is 0.403. The van der Waals surface area contributed by atoms with Gasteiger partial charge in [-0.1, -0.05) is 121 Å². The Labute approximate surface area is 296 Å². The van der Waals surface area contributed by atoms with E-state index in [0.29, 0.717) is 0 Å². The molecule has 1 aliphatic rings. The third kappa shape index (κ3) is 4.93. The average molecular weight is 658 g/mol. The normalized spacial score (nSPS) is 16.1. The first-order chi connectivity index (χ1) is 25.2. The number of para-hydroxylation sites is 2. The Bertz CT molecular complexity index is 2760. The van der Waals surface area contributed by atoms with Gasteiger partial charge in [-0.25, -0.2) is 4.99 Å². The van der Waals surface area contributed by atoms with E-state index >= 15 is 0 Å². The van der Waals surface area contributed by atoms with Crippen molar-refractivity contribution in [3.8, 4) is 16.8 Å². The molecular weight excluding hydrogens is 623 g/mol. The summed E-state index contributed by atoms with van der Waals surface area (Å²) in [7, 11) is 0. The molecule has 2 aromatic heterocycles. The molecule has 7 aromatic carbocycles. The molecule has 0 saturated heterocycles. The van der Waals surface area contributed by atoms with Gasteiger partial charge in [-0.05, 0) is 83.8 Å². The number of nitrogens with zero attached hydrogens (tertiary/aromatic N) is 3. The number of fused-ring (bicyclic) bond motifs is 6. The Morgan fingerprint density at radius 2 is 1.00 bits per heavy atom. The zero-order valence-corrected chi connectivity index (χ0v) is 28.2. The highest BCUT2D eigenvalue weighted by atomic mass is 15.4. The van der Waals surface area contributed by atoms with E-state index in [1.165, 1.54) is 55.0 Å². The van der Waals surface area contributed by atoms with Crippen molar-refractivity contribution in [2.45, 2.75) is 19.3 Å². The van der Waals surface area contributed by atoms with E-state index in [1.54, 1.807) is 0 Å². The molecule has 5 nitrogen and oxygen atoms in total. The summed E-state index contributed by atoms with van der Waals surface area (Å²) in [6, 6.07) is 60.9. The summed E-state index contributed by atoms with van der Waals surface area (Å²) >= 11 is 0. The van der Waals surface area contributed by atoms with E-state index in [9.17, 15) is 0 Å². The number of aryl methyl sites for hydroxylation is 1. The molecule has 0 aliphatic carbocycles. The zero-order valence-electron chi connectivity index (χ0n) is 28.2. The second kappa shape index (κ2) is 11.9. The number of nitrogens with one attached hydrogen (secondary N) is 2. The van der Waals surface area contributed by atoms with Crippen LogP contribution >= 0.6 is 0 Å². The molecule has 2 N–H and O–H groups in total. The van der Waals surface area contributed by atoms with Crippen molar-refractivity contribution in [2.75, 3.05) is 0 Å². The van der Waals surface area contributed by atoms with Crippen LogP contribution in [0.4, 0.5) is 0 Å². The predicted octanol–water partition coefficient (Wildman–Crippen LogP) is 10.7. The summed E-state index contributed by atoms with van der Waals surface area (Å²) in [6.45, 7) is 2.17. The largest absolute Gasteiger partial charge is 0.336 e. The van der Waals surface area contributed by atoms with Crippen LogP contribution in [0.2, 0.25) is 0 Å². The molecule has 0 saturated carbocycles. The molecule has 9 aromatic rings. The van der Waals surface area contributed by atoms with Crippen molar-refractivity contribution in [3.05, 3.63) is 187 Å². The van der Waals surface area contributed by atoms with Crippen molar-refractivity contribution in [1.29, 1.82) is 0 Å². The van der Waals surface area contributed by atoms with E-state index in [4.69, 9.17) is 4.99 Å². The Kier molecular flexibility index (Phi) is 6.86. The van der Waals surface area contributed by atoms with Gasteiger partial charge in [-0.3, -0.25) is 9.88 Å². The summed E-state index contributed by atoms with van der Waals surface area (Å²) in [4.78, 5) is 5.32. The van der Waals surface area contributed by atoms with Crippen LogP contribution in [0.5, 0.6) is 0 Å².